The maximum Gasteiger partial charge on any atom is 0.0925 e. The molecule has 21 heavy (non-hydrogen) atoms. The molecular weight excluding hydrogens is 296 g/mol. The minimum Gasteiger partial charge on any atom is -0.380 e. The van der Waals surface area contributed by atoms with Gasteiger partial charge in [0.1, 0.15) is 0 Å². The van der Waals surface area contributed by atoms with E-state index in [1.54, 1.807) is 11.3 Å². The molecule has 0 saturated heterocycles. The lowest BCUT2D eigenvalue weighted by Crippen LogP contribution is -1.97. The number of nitrogens with one attached hydrogen (secondary N) is 1. The van der Waals surface area contributed by atoms with Crippen molar-refractivity contribution >= 4 is 28.8 Å². The molecule has 1 aliphatic carbocycles. The van der Waals surface area contributed by atoms with Crippen molar-refractivity contribution in [3.05, 3.63) is 40.3 Å². The standard InChI is InChI=1S/C17H22N2S2/c1-2-17-19-12-16(21-17)11-18-13-7-9-15(10-8-13)20-14-5-3-4-6-14/h7-10,12,14,18H,2-6,11H2,1H3. The predicted octanol–water partition coefficient (Wildman–Crippen LogP) is 5.35. The Morgan fingerprint density at radius 2 is 2.00 bits per heavy atom. The fourth-order valence-corrected chi connectivity index (χ4v) is 4.68. The molecule has 112 valence electrons. The van der Waals surface area contributed by atoms with Crippen LogP contribution in [-0.2, 0) is 13.0 Å². The van der Waals surface area contributed by atoms with Gasteiger partial charge in [-0.05, 0) is 43.5 Å². The van der Waals surface area contributed by atoms with Gasteiger partial charge in [0.25, 0.3) is 0 Å². The SMILES string of the molecule is CCc1ncc(CNc2ccc(SC3CCCC3)cc2)s1. The van der Waals surface area contributed by atoms with Gasteiger partial charge in [-0.3, -0.25) is 0 Å². The third-order valence-electron chi connectivity index (χ3n) is 3.83. The molecular formula is C17H22N2S2. The van der Waals surface area contributed by atoms with E-state index >= 15 is 0 Å². The number of thiazole rings is 1. The average molecular weight is 319 g/mol. The fraction of sp³-hybridized carbons (Fsp3) is 0.471. The van der Waals surface area contributed by atoms with Crippen molar-refractivity contribution < 1.29 is 0 Å². The Morgan fingerprint density at radius 1 is 1.24 bits per heavy atom. The zero-order valence-electron chi connectivity index (χ0n) is 12.5. The third kappa shape index (κ3) is 4.24. The van der Waals surface area contributed by atoms with E-state index in [2.05, 4.69) is 41.5 Å². The van der Waals surface area contributed by atoms with Crippen LogP contribution < -0.4 is 5.32 Å². The quantitative estimate of drug-likeness (QED) is 0.777. The highest BCUT2D eigenvalue weighted by Gasteiger charge is 2.15. The molecule has 0 atom stereocenters. The molecule has 0 spiro atoms. The summed E-state index contributed by atoms with van der Waals surface area (Å²) >= 11 is 3.84. The van der Waals surface area contributed by atoms with Gasteiger partial charge in [-0.25, -0.2) is 4.98 Å². The van der Waals surface area contributed by atoms with Gasteiger partial charge in [0.2, 0.25) is 0 Å². The van der Waals surface area contributed by atoms with E-state index in [1.807, 2.05) is 18.0 Å². The lowest BCUT2D eigenvalue weighted by Gasteiger charge is -2.10. The predicted molar refractivity (Wildman–Crippen MR) is 93.4 cm³/mol. The molecule has 1 aromatic carbocycles. The number of hydrogen-bond acceptors (Lipinski definition) is 4. The Hall–Kier alpha value is -1.00. The first kappa shape index (κ1) is 14.9. The van der Waals surface area contributed by atoms with Crippen LogP contribution in [0, 0.1) is 0 Å². The number of aromatic nitrogens is 1. The molecule has 0 bridgehead atoms. The van der Waals surface area contributed by atoms with Crippen LogP contribution in [-0.4, -0.2) is 10.2 Å². The molecule has 0 radical (unpaired) electrons. The minimum absolute atomic E-state index is 0.841. The van der Waals surface area contributed by atoms with Crippen molar-refractivity contribution in [2.24, 2.45) is 0 Å². The Balaban J connectivity index is 1.51. The first-order valence-corrected chi connectivity index (χ1v) is 9.47. The van der Waals surface area contributed by atoms with Crippen LogP contribution in [0.3, 0.4) is 0 Å². The molecule has 1 heterocycles. The van der Waals surface area contributed by atoms with Crippen molar-refractivity contribution in [3.63, 3.8) is 0 Å². The van der Waals surface area contributed by atoms with Crippen LogP contribution in [0.4, 0.5) is 5.69 Å². The van der Waals surface area contributed by atoms with Crippen molar-refractivity contribution in [1.82, 2.24) is 4.98 Å². The summed E-state index contributed by atoms with van der Waals surface area (Å²) in [6.45, 7) is 3.02. The van der Waals surface area contributed by atoms with E-state index in [0.717, 1.165) is 18.2 Å². The Bertz CT molecular complexity index is 556. The number of anilines is 1. The first-order valence-electron chi connectivity index (χ1n) is 7.77. The van der Waals surface area contributed by atoms with Gasteiger partial charge in [0.05, 0.1) is 11.6 Å². The van der Waals surface area contributed by atoms with Gasteiger partial charge in [-0.2, -0.15) is 0 Å². The summed E-state index contributed by atoms with van der Waals surface area (Å²) in [5.74, 6) is 0. The van der Waals surface area contributed by atoms with Gasteiger partial charge in [-0.1, -0.05) is 19.8 Å². The summed E-state index contributed by atoms with van der Waals surface area (Å²) in [6, 6.07) is 8.88. The summed E-state index contributed by atoms with van der Waals surface area (Å²) in [5, 5.41) is 5.54. The molecule has 0 unspecified atom stereocenters. The normalized spacial score (nSPS) is 15.5. The number of thioether (sulfide) groups is 1. The maximum absolute atomic E-state index is 4.39. The van der Waals surface area contributed by atoms with E-state index in [0.29, 0.717) is 0 Å². The molecule has 1 fully saturated rings. The third-order valence-corrected chi connectivity index (χ3v) is 6.32. The first-order chi connectivity index (χ1) is 10.3. The van der Waals surface area contributed by atoms with Crippen LogP contribution in [0.5, 0.6) is 0 Å². The molecule has 0 amide bonds. The van der Waals surface area contributed by atoms with Gasteiger partial charge in [0.15, 0.2) is 0 Å². The second-order valence-electron chi connectivity index (χ2n) is 5.48. The highest BCUT2D eigenvalue weighted by Crippen LogP contribution is 2.35. The van der Waals surface area contributed by atoms with E-state index in [9.17, 15) is 0 Å². The number of hydrogen-bond donors (Lipinski definition) is 1. The topological polar surface area (TPSA) is 24.9 Å². The smallest absolute Gasteiger partial charge is 0.0925 e. The van der Waals surface area contributed by atoms with Gasteiger partial charge < -0.3 is 5.32 Å². The van der Waals surface area contributed by atoms with Crippen LogP contribution >= 0.6 is 23.1 Å². The second-order valence-corrected chi connectivity index (χ2v) is 8.05. The second kappa shape index (κ2) is 7.32. The maximum atomic E-state index is 4.39. The molecule has 2 aromatic rings. The number of nitrogens with zero attached hydrogens (tertiary/aromatic N) is 1. The zero-order valence-corrected chi connectivity index (χ0v) is 14.1. The highest BCUT2D eigenvalue weighted by molar-refractivity contribution is 8.00. The minimum atomic E-state index is 0.841. The Morgan fingerprint density at radius 3 is 2.67 bits per heavy atom. The van der Waals surface area contributed by atoms with Gasteiger partial charge in [0, 0.05) is 26.9 Å². The monoisotopic (exact) mass is 318 g/mol. The van der Waals surface area contributed by atoms with Crippen molar-refractivity contribution in [2.45, 2.75) is 55.7 Å². The molecule has 2 nitrogen and oxygen atoms in total. The molecule has 1 aromatic heterocycles. The van der Waals surface area contributed by atoms with Crippen molar-refractivity contribution in [1.29, 1.82) is 0 Å². The number of aryl methyl sites for hydroxylation is 1. The van der Waals surface area contributed by atoms with Crippen molar-refractivity contribution in [3.8, 4) is 0 Å². The van der Waals surface area contributed by atoms with E-state index in [4.69, 9.17) is 0 Å². The number of rotatable bonds is 6. The van der Waals surface area contributed by atoms with Crippen LogP contribution in [0.25, 0.3) is 0 Å². The van der Waals surface area contributed by atoms with E-state index in [1.165, 1.54) is 46.2 Å². The summed E-state index contributed by atoms with van der Waals surface area (Å²) in [4.78, 5) is 7.10. The Kier molecular flexibility index (Phi) is 5.20. The van der Waals surface area contributed by atoms with Crippen LogP contribution in [0.1, 0.15) is 42.5 Å². The zero-order chi connectivity index (χ0) is 14.5. The molecule has 4 heteroatoms. The number of benzene rings is 1. The summed E-state index contributed by atoms with van der Waals surface area (Å²) < 4.78 is 0. The van der Waals surface area contributed by atoms with Gasteiger partial charge in [-0.15, -0.1) is 23.1 Å². The van der Waals surface area contributed by atoms with E-state index < -0.39 is 0 Å². The summed E-state index contributed by atoms with van der Waals surface area (Å²) in [7, 11) is 0. The van der Waals surface area contributed by atoms with Crippen molar-refractivity contribution in [2.75, 3.05) is 5.32 Å². The van der Waals surface area contributed by atoms with Gasteiger partial charge >= 0.3 is 0 Å². The molecule has 3 rings (SSSR count). The molecule has 1 aliphatic rings. The molecule has 1 saturated carbocycles. The Labute approximate surface area is 135 Å². The van der Waals surface area contributed by atoms with Crippen LogP contribution in [0.15, 0.2) is 35.4 Å². The largest absolute Gasteiger partial charge is 0.380 e. The molecule has 1 N–H and O–H groups in total. The lowest BCUT2D eigenvalue weighted by molar-refractivity contribution is 0.886. The summed E-state index contributed by atoms with van der Waals surface area (Å²) in [6.07, 6.45) is 8.60. The fourth-order valence-electron chi connectivity index (χ4n) is 2.63. The summed E-state index contributed by atoms with van der Waals surface area (Å²) in [5.41, 5.74) is 1.19. The van der Waals surface area contributed by atoms with Crippen LogP contribution in [0.2, 0.25) is 0 Å². The average Bonchev–Trinajstić information content (AvgIpc) is 3.18. The molecule has 0 aliphatic heterocycles. The lowest BCUT2D eigenvalue weighted by atomic mass is 10.3. The van der Waals surface area contributed by atoms with E-state index in [-0.39, 0.29) is 0 Å². The highest BCUT2D eigenvalue weighted by atomic mass is 32.2.